The fraction of sp³-hybridized carbons (Fsp3) is 0.364. The van der Waals surface area contributed by atoms with E-state index in [1.54, 1.807) is 17.8 Å². The van der Waals surface area contributed by atoms with E-state index in [0.29, 0.717) is 16.0 Å². The molecule has 2 nitrogen and oxygen atoms in total. The molecule has 1 aliphatic heterocycles. The number of hydrogen-bond donors (Lipinski definition) is 1. The highest BCUT2D eigenvalue weighted by atomic mass is 35.5. The van der Waals surface area contributed by atoms with Crippen molar-refractivity contribution in [3.8, 4) is 0 Å². The molecule has 0 bridgehead atoms. The molecule has 1 aromatic carbocycles. The third-order valence-corrected chi connectivity index (χ3v) is 3.85. The Morgan fingerprint density at radius 1 is 1.62 bits per heavy atom. The molecule has 0 fully saturated rings. The van der Waals surface area contributed by atoms with Crippen molar-refractivity contribution >= 4 is 34.2 Å². The molecular formula is C11H12ClFN2S. The van der Waals surface area contributed by atoms with Crippen LogP contribution in [0.25, 0.3) is 0 Å². The Labute approximate surface area is 103 Å². The Bertz CT molecular complexity index is 422. The normalized spacial score (nSPS) is 19.7. The minimum absolute atomic E-state index is 0.312. The Morgan fingerprint density at radius 3 is 3.12 bits per heavy atom. The van der Waals surface area contributed by atoms with Gasteiger partial charge in [-0.1, -0.05) is 30.3 Å². The first-order valence-corrected chi connectivity index (χ1v) is 6.38. The van der Waals surface area contributed by atoms with Gasteiger partial charge in [-0.15, -0.1) is 0 Å². The largest absolute Gasteiger partial charge is 0.333 e. The van der Waals surface area contributed by atoms with Gasteiger partial charge < -0.3 is 5.32 Å². The van der Waals surface area contributed by atoms with E-state index in [0.717, 1.165) is 18.1 Å². The van der Waals surface area contributed by atoms with Gasteiger partial charge in [-0.3, -0.25) is 4.99 Å². The summed E-state index contributed by atoms with van der Waals surface area (Å²) in [5.41, 5.74) is 0.385. The van der Waals surface area contributed by atoms with E-state index in [1.165, 1.54) is 12.1 Å². The van der Waals surface area contributed by atoms with Gasteiger partial charge in [0, 0.05) is 10.3 Å². The van der Waals surface area contributed by atoms with E-state index in [9.17, 15) is 4.39 Å². The minimum atomic E-state index is -0.312. The van der Waals surface area contributed by atoms with E-state index < -0.39 is 0 Å². The molecule has 86 valence electrons. The van der Waals surface area contributed by atoms with E-state index in [2.05, 4.69) is 17.2 Å². The van der Waals surface area contributed by atoms with Crippen LogP contribution in [0.2, 0.25) is 5.02 Å². The molecule has 2 rings (SSSR count). The third-order valence-electron chi connectivity index (χ3n) is 2.34. The number of nitrogens with one attached hydrogen (secondary N) is 1. The highest BCUT2D eigenvalue weighted by Gasteiger charge is 2.18. The maximum absolute atomic E-state index is 13.4. The molecular weight excluding hydrogens is 247 g/mol. The zero-order valence-corrected chi connectivity index (χ0v) is 10.4. The summed E-state index contributed by atoms with van der Waals surface area (Å²) in [6.45, 7) is 2.92. The first kappa shape index (κ1) is 11.7. The van der Waals surface area contributed by atoms with Crippen molar-refractivity contribution in [2.75, 3.05) is 11.9 Å². The van der Waals surface area contributed by atoms with Crippen LogP contribution in [0.3, 0.4) is 0 Å². The Kier molecular flexibility index (Phi) is 3.71. The molecule has 1 atom stereocenters. The molecule has 0 radical (unpaired) electrons. The third kappa shape index (κ3) is 2.68. The lowest BCUT2D eigenvalue weighted by atomic mass is 10.3. The van der Waals surface area contributed by atoms with Gasteiger partial charge in [-0.25, -0.2) is 4.39 Å². The van der Waals surface area contributed by atoms with Crippen molar-refractivity contribution in [3.05, 3.63) is 29.0 Å². The maximum Gasteiger partial charge on any atom is 0.161 e. The molecule has 5 heteroatoms. The number of halogens is 2. The minimum Gasteiger partial charge on any atom is -0.333 e. The summed E-state index contributed by atoms with van der Waals surface area (Å²) in [5.74, 6) is -0.312. The lowest BCUT2D eigenvalue weighted by molar-refractivity contribution is 0.632. The summed E-state index contributed by atoms with van der Waals surface area (Å²) in [7, 11) is 0. The number of aliphatic imine (C=N–C) groups is 1. The summed E-state index contributed by atoms with van der Waals surface area (Å²) in [5, 5.41) is 4.76. The van der Waals surface area contributed by atoms with Gasteiger partial charge in [0.25, 0.3) is 0 Å². The van der Waals surface area contributed by atoms with Gasteiger partial charge >= 0.3 is 0 Å². The number of rotatable bonds is 2. The van der Waals surface area contributed by atoms with Gasteiger partial charge in [0.2, 0.25) is 0 Å². The Hall–Kier alpha value is -0.740. The van der Waals surface area contributed by atoms with Gasteiger partial charge in [-0.2, -0.15) is 0 Å². The van der Waals surface area contributed by atoms with Crippen molar-refractivity contribution < 1.29 is 4.39 Å². The van der Waals surface area contributed by atoms with Crippen LogP contribution < -0.4 is 5.32 Å². The van der Waals surface area contributed by atoms with Crippen molar-refractivity contribution in [3.63, 3.8) is 0 Å². The van der Waals surface area contributed by atoms with E-state index in [1.807, 2.05) is 0 Å². The predicted molar refractivity (Wildman–Crippen MR) is 69.0 cm³/mol. The fourth-order valence-electron chi connectivity index (χ4n) is 1.41. The standard InChI is InChI=1S/C11H12ClFN2S/c1-2-8-6-14-11(16-8)15-10-5-7(12)3-4-9(10)13/h3-5,8H,2,6H2,1H3,(H,14,15). The lowest BCUT2D eigenvalue weighted by Gasteiger charge is -2.08. The fourth-order valence-corrected chi connectivity index (χ4v) is 2.53. The summed E-state index contributed by atoms with van der Waals surface area (Å²) in [4.78, 5) is 4.31. The molecule has 0 saturated heterocycles. The van der Waals surface area contributed by atoms with Crippen LogP contribution in [-0.4, -0.2) is 17.0 Å². The topological polar surface area (TPSA) is 24.4 Å². The van der Waals surface area contributed by atoms with E-state index in [4.69, 9.17) is 11.6 Å². The zero-order valence-electron chi connectivity index (χ0n) is 8.84. The van der Waals surface area contributed by atoms with Crippen molar-refractivity contribution in [1.82, 2.24) is 0 Å². The SMILES string of the molecule is CCC1CN=C(Nc2cc(Cl)ccc2F)S1. The van der Waals surface area contributed by atoms with Crippen LogP contribution >= 0.6 is 23.4 Å². The van der Waals surface area contributed by atoms with Crippen molar-refractivity contribution in [1.29, 1.82) is 0 Å². The average Bonchev–Trinajstić information content (AvgIpc) is 2.71. The monoisotopic (exact) mass is 258 g/mol. The molecule has 1 heterocycles. The quantitative estimate of drug-likeness (QED) is 0.873. The Balaban J connectivity index is 2.07. The predicted octanol–water partition coefficient (Wildman–Crippen LogP) is 3.77. The second-order valence-electron chi connectivity index (χ2n) is 3.54. The van der Waals surface area contributed by atoms with Gasteiger partial charge in [0.05, 0.1) is 12.2 Å². The van der Waals surface area contributed by atoms with Gasteiger partial charge in [-0.05, 0) is 24.6 Å². The smallest absolute Gasteiger partial charge is 0.161 e. The summed E-state index contributed by atoms with van der Waals surface area (Å²) < 4.78 is 13.4. The molecule has 16 heavy (non-hydrogen) atoms. The van der Waals surface area contributed by atoms with Crippen LogP contribution in [0.5, 0.6) is 0 Å². The molecule has 1 aromatic rings. The number of benzene rings is 1. The van der Waals surface area contributed by atoms with Crippen LogP contribution in [0.4, 0.5) is 10.1 Å². The second kappa shape index (κ2) is 5.06. The first-order chi connectivity index (χ1) is 7.69. The van der Waals surface area contributed by atoms with Crippen molar-refractivity contribution in [2.24, 2.45) is 4.99 Å². The van der Waals surface area contributed by atoms with Gasteiger partial charge in [0.1, 0.15) is 5.82 Å². The van der Waals surface area contributed by atoms with Crippen LogP contribution in [0.1, 0.15) is 13.3 Å². The number of amidine groups is 1. The first-order valence-electron chi connectivity index (χ1n) is 5.12. The van der Waals surface area contributed by atoms with Crippen LogP contribution in [-0.2, 0) is 0 Å². The number of thioether (sulfide) groups is 1. The highest BCUT2D eigenvalue weighted by Crippen LogP contribution is 2.26. The molecule has 0 spiro atoms. The number of nitrogens with zero attached hydrogens (tertiary/aromatic N) is 1. The Morgan fingerprint density at radius 2 is 2.44 bits per heavy atom. The maximum atomic E-state index is 13.4. The second-order valence-corrected chi connectivity index (χ2v) is 5.27. The van der Waals surface area contributed by atoms with Crippen molar-refractivity contribution in [2.45, 2.75) is 18.6 Å². The molecule has 1 N–H and O–H groups in total. The molecule has 0 saturated carbocycles. The van der Waals surface area contributed by atoms with E-state index >= 15 is 0 Å². The molecule has 1 unspecified atom stereocenters. The van der Waals surface area contributed by atoms with E-state index in [-0.39, 0.29) is 5.82 Å². The highest BCUT2D eigenvalue weighted by molar-refractivity contribution is 8.15. The number of hydrogen-bond acceptors (Lipinski definition) is 3. The summed E-state index contributed by atoms with van der Waals surface area (Å²) >= 11 is 7.45. The summed E-state index contributed by atoms with van der Waals surface area (Å²) in [6, 6.07) is 4.45. The van der Waals surface area contributed by atoms with Crippen LogP contribution in [0.15, 0.2) is 23.2 Å². The molecule has 0 amide bonds. The zero-order chi connectivity index (χ0) is 11.5. The molecule has 1 aliphatic rings. The molecule has 0 aromatic heterocycles. The van der Waals surface area contributed by atoms with Crippen LogP contribution in [0, 0.1) is 5.82 Å². The average molecular weight is 259 g/mol. The summed E-state index contributed by atoms with van der Waals surface area (Å²) in [6.07, 6.45) is 1.07. The number of anilines is 1. The lowest BCUT2D eigenvalue weighted by Crippen LogP contribution is -2.08. The molecule has 0 aliphatic carbocycles. The van der Waals surface area contributed by atoms with Gasteiger partial charge in [0.15, 0.2) is 5.17 Å².